The largest absolute Gasteiger partial charge is 0.337 e. The van der Waals surface area contributed by atoms with Gasteiger partial charge in [0.05, 0.1) is 23.1 Å². The molecule has 1 fully saturated rings. The monoisotopic (exact) mass is 449 g/mol. The van der Waals surface area contributed by atoms with Crippen molar-refractivity contribution < 1.29 is 13.6 Å². The van der Waals surface area contributed by atoms with Gasteiger partial charge in [-0.2, -0.15) is 10.2 Å². The number of carbonyl (C=O) groups is 1. The molecule has 0 unspecified atom stereocenters. The molecule has 0 N–H and O–H groups in total. The zero-order chi connectivity index (χ0) is 23.4. The summed E-state index contributed by atoms with van der Waals surface area (Å²) in [6.07, 6.45) is 6.30. The SMILES string of the molecule is CCN(C[C@@]12CC[C@@H](c3cc(-c4c(F)cccc4F)nnc31)C2(C)C)C(=O)c1cnccn1. The molecule has 33 heavy (non-hydrogen) atoms. The van der Waals surface area contributed by atoms with Gasteiger partial charge in [0.25, 0.3) is 5.91 Å². The maximum absolute atomic E-state index is 14.4. The van der Waals surface area contributed by atoms with Crippen LogP contribution in [0, 0.1) is 17.0 Å². The van der Waals surface area contributed by atoms with Crippen LogP contribution in [0.4, 0.5) is 8.78 Å². The Balaban J connectivity index is 1.56. The second kappa shape index (κ2) is 7.64. The number of nitrogens with zero attached hydrogens (tertiary/aromatic N) is 5. The second-order valence-corrected chi connectivity index (χ2v) is 9.44. The summed E-state index contributed by atoms with van der Waals surface area (Å²) in [6, 6.07) is 5.57. The van der Waals surface area contributed by atoms with E-state index in [4.69, 9.17) is 0 Å². The number of aromatic nitrogens is 4. The Morgan fingerprint density at radius 3 is 2.61 bits per heavy atom. The smallest absolute Gasteiger partial charge is 0.274 e. The van der Waals surface area contributed by atoms with E-state index >= 15 is 0 Å². The van der Waals surface area contributed by atoms with E-state index in [0.717, 1.165) is 24.1 Å². The Morgan fingerprint density at radius 1 is 1.18 bits per heavy atom. The standard InChI is InChI=1S/C25H25F2N5O/c1-4-32(23(33)20-13-28-10-11-29-20)14-25-9-8-16(24(25,2)3)15-12-19(30-31-22(15)25)21-17(26)6-5-7-18(21)27/h5-7,10-13,16H,4,8-9,14H2,1-3H3/t16-,25-/m0/s1. The highest BCUT2D eigenvalue weighted by Gasteiger charge is 2.64. The number of benzene rings is 1. The van der Waals surface area contributed by atoms with Crippen LogP contribution in [0.25, 0.3) is 11.3 Å². The number of hydrogen-bond acceptors (Lipinski definition) is 5. The van der Waals surface area contributed by atoms with Crippen LogP contribution in [0.15, 0.2) is 42.9 Å². The lowest BCUT2D eigenvalue weighted by atomic mass is 9.68. The van der Waals surface area contributed by atoms with Crippen molar-refractivity contribution in [1.82, 2.24) is 25.1 Å². The summed E-state index contributed by atoms with van der Waals surface area (Å²) in [5.74, 6) is -1.33. The van der Waals surface area contributed by atoms with Crippen molar-refractivity contribution in [2.75, 3.05) is 13.1 Å². The molecule has 2 bridgehead atoms. The maximum atomic E-state index is 14.4. The van der Waals surface area contributed by atoms with Crippen LogP contribution in [0.1, 0.15) is 61.3 Å². The van der Waals surface area contributed by atoms with Crippen LogP contribution in [-0.2, 0) is 5.41 Å². The third-order valence-electron chi connectivity index (χ3n) is 7.75. The summed E-state index contributed by atoms with van der Waals surface area (Å²) in [4.78, 5) is 23.2. The van der Waals surface area contributed by atoms with E-state index in [0.29, 0.717) is 18.8 Å². The first-order chi connectivity index (χ1) is 15.8. The molecule has 3 aromatic rings. The van der Waals surface area contributed by atoms with Crippen LogP contribution in [0.2, 0.25) is 0 Å². The third kappa shape index (κ3) is 3.07. The summed E-state index contributed by atoms with van der Waals surface area (Å²) in [6.45, 7) is 7.30. The minimum absolute atomic E-state index is 0.157. The summed E-state index contributed by atoms with van der Waals surface area (Å²) in [5, 5.41) is 8.79. The van der Waals surface area contributed by atoms with Crippen LogP contribution in [0.3, 0.4) is 0 Å². The Labute approximate surface area is 191 Å². The van der Waals surface area contributed by atoms with Gasteiger partial charge < -0.3 is 4.90 Å². The van der Waals surface area contributed by atoms with Gasteiger partial charge in [0.1, 0.15) is 17.3 Å². The minimum Gasteiger partial charge on any atom is -0.337 e. The molecule has 0 aliphatic heterocycles. The van der Waals surface area contributed by atoms with Crippen LogP contribution >= 0.6 is 0 Å². The molecule has 5 rings (SSSR count). The molecule has 1 amide bonds. The number of amides is 1. The molecule has 2 aliphatic carbocycles. The molecule has 0 saturated heterocycles. The number of likely N-dealkylation sites (N-methyl/N-ethyl adjacent to an activating group) is 1. The van der Waals surface area contributed by atoms with Crippen molar-refractivity contribution in [3.05, 3.63) is 71.4 Å². The molecule has 0 radical (unpaired) electrons. The first-order valence-corrected chi connectivity index (χ1v) is 11.2. The summed E-state index contributed by atoms with van der Waals surface area (Å²) in [7, 11) is 0. The van der Waals surface area contributed by atoms with Crippen LogP contribution in [0.5, 0.6) is 0 Å². The van der Waals surface area contributed by atoms with E-state index in [2.05, 4.69) is 34.0 Å². The number of rotatable bonds is 5. The highest BCUT2D eigenvalue weighted by Crippen LogP contribution is 2.67. The van der Waals surface area contributed by atoms with E-state index < -0.39 is 17.0 Å². The zero-order valence-corrected chi connectivity index (χ0v) is 18.8. The molecule has 2 atom stereocenters. The van der Waals surface area contributed by atoms with Crippen molar-refractivity contribution in [2.45, 2.75) is 44.9 Å². The lowest BCUT2D eigenvalue weighted by molar-refractivity contribution is 0.0646. The van der Waals surface area contributed by atoms with E-state index in [-0.39, 0.29) is 28.5 Å². The zero-order valence-electron chi connectivity index (χ0n) is 18.8. The lowest BCUT2D eigenvalue weighted by Gasteiger charge is -2.41. The van der Waals surface area contributed by atoms with Gasteiger partial charge in [-0.05, 0) is 54.9 Å². The highest BCUT2D eigenvalue weighted by molar-refractivity contribution is 5.92. The first-order valence-electron chi connectivity index (χ1n) is 11.2. The number of carbonyl (C=O) groups excluding carboxylic acids is 1. The first kappa shape index (κ1) is 21.6. The topological polar surface area (TPSA) is 71.9 Å². The summed E-state index contributed by atoms with van der Waals surface area (Å²) < 4.78 is 28.8. The average molecular weight is 450 g/mol. The predicted molar refractivity (Wildman–Crippen MR) is 118 cm³/mol. The van der Waals surface area contributed by atoms with Gasteiger partial charge in [-0.3, -0.25) is 9.78 Å². The Kier molecular flexibility index (Phi) is 4.99. The fourth-order valence-electron chi connectivity index (χ4n) is 5.87. The predicted octanol–water partition coefficient (Wildman–Crippen LogP) is 4.53. The van der Waals surface area contributed by atoms with Crippen molar-refractivity contribution in [1.29, 1.82) is 0 Å². The van der Waals surface area contributed by atoms with Crippen LogP contribution < -0.4 is 0 Å². The molecular formula is C25H25F2N5O. The number of halogens is 2. The maximum Gasteiger partial charge on any atom is 0.274 e. The van der Waals surface area contributed by atoms with Gasteiger partial charge >= 0.3 is 0 Å². The van der Waals surface area contributed by atoms with E-state index in [1.807, 2.05) is 6.92 Å². The second-order valence-electron chi connectivity index (χ2n) is 9.44. The third-order valence-corrected chi connectivity index (χ3v) is 7.75. The van der Waals surface area contributed by atoms with E-state index in [9.17, 15) is 13.6 Å². The van der Waals surface area contributed by atoms with Gasteiger partial charge in [-0.1, -0.05) is 19.9 Å². The average Bonchev–Trinajstić information content (AvgIpc) is 3.17. The van der Waals surface area contributed by atoms with Crippen molar-refractivity contribution >= 4 is 5.91 Å². The highest BCUT2D eigenvalue weighted by atomic mass is 19.1. The molecule has 8 heteroatoms. The van der Waals surface area contributed by atoms with Gasteiger partial charge in [-0.25, -0.2) is 13.8 Å². The normalized spacial score (nSPS) is 22.3. The van der Waals surface area contributed by atoms with Gasteiger partial charge in [0.2, 0.25) is 0 Å². The Hall–Kier alpha value is -3.29. The molecule has 0 spiro atoms. The van der Waals surface area contributed by atoms with Gasteiger partial charge in [0.15, 0.2) is 0 Å². The van der Waals surface area contributed by atoms with Crippen molar-refractivity contribution in [3.8, 4) is 11.3 Å². The molecule has 1 saturated carbocycles. The molecule has 2 heterocycles. The number of hydrogen-bond donors (Lipinski definition) is 0. The molecule has 170 valence electrons. The lowest BCUT2D eigenvalue weighted by Crippen LogP contribution is -2.48. The molecule has 2 aliphatic rings. The quantitative estimate of drug-likeness (QED) is 0.572. The molecule has 6 nitrogen and oxygen atoms in total. The molecule has 2 aromatic heterocycles. The van der Waals surface area contributed by atoms with Crippen molar-refractivity contribution in [3.63, 3.8) is 0 Å². The molecular weight excluding hydrogens is 424 g/mol. The Bertz CT molecular complexity index is 1210. The number of fused-ring (bicyclic) bond motifs is 5. The minimum atomic E-state index is -0.659. The Morgan fingerprint density at radius 2 is 1.94 bits per heavy atom. The summed E-state index contributed by atoms with van der Waals surface area (Å²) >= 11 is 0. The van der Waals surface area contributed by atoms with Gasteiger partial charge in [0, 0.05) is 30.9 Å². The fraction of sp³-hybridized carbons (Fsp3) is 0.400. The molecule has 1 aromatic carbocycles. The van der Waals surface area contributed by atoms with E-state index in [1.54, 1.807) is 11.0 Å². The summed E-state index contributed by atoms with van der Waals surface area (Å²) in [5.41, 5.74) is 1.54. The van der Waals surface area contributed by atoms with Gasteiger partial charge in [-0.15, -0.1) is 0 Å². The van der Waals surface area contributed by atoms with Crippen LogP contribution in [-0.4, -0.2) is 44.1 Å². The van der Waals surface area contributed by atoms with Crippen molar-refractivity contribution in [2.24, 2.45) is 5.41 Å². The van der Waals surface area contributed by atoms with E-state index in [1.165, 1.54) is 36.8 Å². The fourth-order valence-corrected chi connectivity index (χ4v) is 5.87.